The molecule has 2 rings (SSSR count). The van der Waals surface area contributed by atoms with E-state index in [0.29, 0.717) is 6.10 Å². The minimum Gasteiger partial charge on any atom is -0.378 e. The Bertz CT molecular complexity index is 149. The van der Waals surface area contributed by atoms with Crippen molar-refractivity contribution in [3.05, 3.63) is 0 Å². The molecule has 0 aromatic heterocycles. The Labute approximate surface area is 85.7 Å². The summed E-state index contributed by atoms with van der Waals surface area (Å²) in [5, 5.41) is 0. The van der Waals surface area contributed by atoms with Crippen LogP contribution in [-0.2, 0) is 14.2 Å². The molecule has 0 unspecified atom stereocenters. The second kappa shape index (κ2) is 5.69. The zero-order valence-corrected chi connectivity index (χ0v) is 8.74. The molecule has 82 valence electrons. The maximum atomic E-state index is 5.75. The van der Waals surface area contributed by atoms with Crippen LogP contribution in [-0.4, -0.2) is 32.2 Å². The third-order valence-electron chi connectivity index (χ3n) is 2.91. The van der Waals surface area contributed by atoms with Crippen molar-refractivity contribution in [3.63, 3.8) is 0 Å². The van der Waals surface area contributed by atoms with E-state index >= 15 is 0 Å². The molecule has 1 saturated heterocycles. The summed E-state index contributed by atoms with van der Waals surface area (Å²) in [6, 6.07) is 0. The molecule has 1 aliphatic heterocycles. The van der Waals surface area contributed by atoms with Gasteiger partial charge in [0.1, 0.15) is 0 Å². The van der Waals surface area contributed by atoms with Gasteiger partial charge in [-0.2, -0.15) is 0 Å². The lowest BCUT2D eigenvalue weighted by Gasteiger charge is -2.23. The molecule has 0 N–H and O–H groups in total. The lowest BCUT2D eigenvalue weighted by molar-refractivity contribution is -0.187. The van der Waals surface area contributed by atoms with Crippen LogP contribution in [0, 0.1) is 0 Å². The van der Waals surface area contributed by atoms with Gasteiger partial charge in [-0.1, -0.05) is 12.8 Å². The second-order valence-corrected chi connectivity index (χ2v) is 4.09. The molecular weight excluding hydrogens is 180 g/mol. The van der Waals surface area contributed by atoms with Crippen LogP contribution in [0.4, 0.5) is 0 Å². The maximum Gasteiger partial charge on any atom is 0.159 e. The molecule has 0 atom stereocenters. The predicted octanol–water partition coefficient (Wildman–Crippen LogP) is 2.10. The van der Waals surface area contributed by atoms with Gasteiger partial charge in [-0.05, 0) is 19.3 Å². The molecule has 1 saturated carbocycles. The van der Waals surface area contributed by atoms with E-state index in [1.807, 2.05) is 0 Å². The molecule has 0 aromatic rings. The van der Waals surface area contributed by atoms with Crippen LogP contribution >= 0.6 is 0 Å². The SMILES string of the molecule is C1COC(CCOC2CCCC2)OC1. The fraction of sp³-hybridized carbons (Fsp3) is 1.00. The molecule has 0 aromatic carbocycles. The van der Waals surface area contributed by atoms with Crippen LogP contribution in [0.15, 0.2) is 0 Å². The number of hydrogen-bond donors (Lipinski definition) is 0. The zero-order chi connectivity index (χ0) is 9.64. The Balaban J connectivity index is 1.52. The topological polar surface area (TPSA) is 27.7 Å². The molecule has 2 aliphatic rings. The molecule has 0 radical (unpaired) electrons. The van der Waals surface area contributed by atoms with Crippen molar-refractivity contribution in [2.75, 3.05) is 19.8 Å². The van der Waals surface area contributed by atoms with E-state index in [1.165, 1.54) is 25.7 Å². The lowest BCUT2D eigenvalue weighted by atomic mass is 10.3. The van der Waals surface area contributed by atoms with Crippen LogP contribution in [0.25, 0.3) is 0 Å². The van der Waals surface area contributed by atoms with Gasteiger partial charge in [0.25, 0.3) is 0 Å². The van der Waals surface area contributed by atoms with Crippen molar-refractivity contribution in [3.8, 4) is 0 Å². The normalized spacial score (nSPS) is 25.7. The highest BCUT2D eigenvalue weighted by molar-refractivity contribution is 4.66. The minimum atomic E-state index is -0.00912. The van der Waals surface area contributed by atoms with Crippen molar-refractivity contribution in [1.29, 1.82) is 0 Å². The van der Waals surface area contributed by atoms with Gasteiger partial charge in [0.05, 0.1) is 25.9 Å². The van der Waals surface area contributed by atoms with Crippen molar-refractivity contribution >= 4 is 0 Å². The van der Waals surface area contributed by atoms with Crippen LogP contribution in [0.5, 0.6) is 0 Å². The van der Waals surface area contributed by atoms with Crippen molar-refractivity contribution in [2.24, 2.45) is 0 Å². The molecule has 1 aliphatic carbocycles. The van der Waals surface area contributed by atoms with Gasteiger partial charge in [-0.15, -0.1) is 0 Å². The monoisotopic (exact) mass is 200 g/mol. The highest BCUT2D eigenvalue weighted by Crippen LogP contribution is 2.21. The summed E-state index contributed by atoms with van der Waals surface area (Å²) >= 11 is 0. The Morgan fingerprint density at radius 1 is 1.00 bits per heavy atom. The van der Waals surface area contributed by atoms with Gasteiger partial charge in [-0.3, -0.25) is 0 Å². The molecule has 3 nitrogen and oxygen atoms in total. The molecule has 0 amide bonds. The Morgan fingerprint density at radius 2 is 1.71 bits per heavy atom. The number of hydrogen-bond acceptors (Lipinski definition) is 3. The summed E-state index contributed by atoms with van der Waals surface area (Å²) in [5.74, 6) is 0. The number of rotatable bonds is 4. The Hall–Kier alpha value is -0.120. The van der Waals surface area contributed by atoms with Crippen LogP contribution in [0.3, 0.4) is 0 Å². The molecular formula is C11H20O3. The van der Waals surface area contributed by atoms with Gasteiger partial charge in [0.15, 0.2) is 6.29 Å². The third-order valence-corrected chi connectivity index (χ3v) is 2.91. The van der Waals surface area contributed by atoms with E-state index in [0.717, 1.165) is 32.7 Å². The van der Waals surface area contributed by atoms with Gasteiger partial charge in [0, 0.05) is 6.42 Å². The van der Waals surface area contributed by atoms with E-state index in [2.05, 4.69) is 0 Å². The fourth-order valence-corrected chi connectivity index (χ4v) is 2.09. The molecule has 1 heterocycles. The van der Waals surface area contributed by atoms with Gasteiger partial charge < -0.3 is 14.2 Å². The van der Waals surface area contributed by atoms with E-state index in [1.54, 1.807) is 0 Å². The third kappa shape index (κ3) is 3.23. The fourth-order valence-electron chi connectivity index (χ4n) is 2.09. The van der Waals surface area contributed by atoms with E-state index in [9.17, 15) is 0 Å². The first kappa shape index (κ1) is 10.4. The molecule has 2 fully saturated rings. The lowest BCUT2D eigenvalue weighted by Crippen LogP contribution is -2.26. The first-order chi connectivity index (χ1) is 6.95. The average Bonchev–Trinajstić information content (AvgIpc) is 2.72. The zero-order valence-electron chi connectivity index (χ0n) is 8.74. The first-order valence-corrected chi connectivity index (χ1v) is 5.80. The Morgan fingerprint density at radius 3 is 2.43 bits per heavy atom. The molecule has 14 heavy (non-hydrogen) atoms. The first-order valence-electron chi connectivity index (χ1n) is 5.80. The largest absolute Gasteiger partial charge is 0.378 e. The predicted molar refractivity (Wildman–Crippen MR) is 53.1 cm³/mol. The van der Waals surface area contributed by atoms with Gasteiger partial charge in [-0.25, -0.2) is 0 Å². The average molecular weight is 200 g/mol. The molecule has 0 spiro atoms. The van der Waals surface area contributed by atoms with Crippen molar-refractivity contribution in [1.82, 2.24) is 0 Å². The van der Waals surface area contributed by atoms with E-state index in [4.69, 9.17) is 14.2 Å². The van der Waals surface area contributed by atoms with Crippen molar-refractivity contribution in [2.45, 2.75) is 50.9 Å². The van der Waals surface area contributed by atoms with Crippen molar-refractivity contribution < 1.29 is 14.2 Å². The highest BCUT2D eigenvalue weighted by Gasteiger charge is 2.17. The van der Waals surface area contributed by atoms with E-state index in [-0.39, 0.29) is 6.29 Å². The number of ether oxygens (including phenoxy) is 3. The quantitative estimate of drug-likeness (QED) is 0.695. The summed E-state index contributed by atoms with van der Waals surface area (Å²) in [5.41, 5.74) is 0. The standard InChI is InChI=1S/C11H20O3/c1-2-5-10(4-1)12-9-6-11-13-7-3-8-14-11/h10-11H,1-9H2. The summed E-state index contributed by atoms with van der Waals surface area (Å²) in [4.78, 5) is 0. The molecule has 0 bridgehead atoms. The summed E-state index contributed by atoms with van der Waals surface area (Å²) < 4.78 is 16.6. The minimum absolute atomic E-state index is 0.00912. The summed E-state index contributed by atoms with van der Waals surface area (Å²) in [6.07, 6.45) is 7.57. The smallest absolute Gasteiger partial charge is 0.159 e. The van der Waals surface area contributed by atoms with Crippen LogP contribution < -0.4 is 0 Å². The summed E-state index contributed by atoms with van der Waals surface area (Å²) in [7, 11) is 0. The molecule has 3 heteroatoms. The van der Waals surface area contributed by atoms with Gasteiger partial charge >= 0.3 is 0 Å². The summed E-state index contributed by atoms with van der Waals surface area (Å²) in [6.45, 7) is 2.47. The highest BCUT2D eigenvalue weighted by atomic mass is 16.7. The maximum absolute atomic E-state index is 5.75. The van der Waals surface area contributed by atoms with Gasteiger partial charge in [0.2, 0.25) is 0 Å². The van der Waals surface area contributed by atoms with E-state index < -0.39 is 0 Å². The Kier molecular flexibility index (Phi) is 4.22. The van der Waals surface area contributed by atoms with Crippen LogP contribution in [0.2, 0.25) is 0 Å². The second-order valence-electron chi connectivity index (χ2n) is 4.09. The van der Waals surface area contributed by atoms with Crippen LogP contribution in [0.1, 0.15) is 38.5 Å².